The maximum atomic E-state index is 9.54. The predicted octanol–water partition coefficient (Wildman–Crippen LogP) is 5.06. The predicted molar refractivity (Wildman–Crippen MR) is 79.0 cm³/mol. The van der Waals surface area contributed by atoms with Crippen molar-refractivity contribution in [1.29, 1.82) is 0 Å². The van der Waals surface area contributed by atoms with Gasteiger partial charge < -0.3 is 9.84 Å². The van der Waals surface area contributed by atoms with Crippen LogP contribution in [0.1, 0.15) is 18.6 Å². The lowest BCUT2D eigenvalue weighted by molar-refractivity contribution is 0.198. The molecule has 0 saturated heterocycles. The highest BCUT2D eigenvalue weighted by Crippen LogP contribution is 2.30. The molecule has 18 heavy (non-hydrogen) atoms. The second kappa shape index (κ2) is 5.87. The summed E-state index contributed by atoms with van der Waals surface area (Å²) >= 11 is 6.82. The Kier molecular flexibility index (Phi) is 4.43. The molecule has 0 radical (unpaired) electrons. The van der Waals surface area contributed by atoms with Crippen LogP contribution >= 0.6 is 31.9 Å². The fraction of sp³-hybridized carbons (Fsp3) is 0.143. The van der Waals surface area contributed by atoms with Gasteiger partial charge in [0.1, 0.15) is 11.5 Å². The van der Waals surface area contributed by atoms with Crippen LogP contribution in [-0.2, 0) is 0 Å². The lowest BCUT2D eigenvalue weighted by atomic mass is 10.1. The highest BCUT2D eigenvalue weighted by molar-refractivity contribution is 9.10. The number of hydrogen-bond donors (Lipinski definition) is 1. The number of aliphatic hydroxyl groups is 1. The average Bonchev–Trinajstić information content (AvgIpc) is 2.28. The van der Waals surface area contributed by atoms with E-state index in [0.717, 1.165) is 26.0 Å². The van der Waals surface area contributed by atoms with Crippen molar-refractivity contribution < 1.29 is 9.84 Å². The minimum atomic E-state index is -0.501. The number of benzene rings is 2. The van der Waals surface area contributed by atoms with E-state index >= 15 is 0 Å². The summed E-state index contributed by atoms with van der Waals surface area (Å²) in [5.74, 6) is 1.49. The second-order valence-electron chi connectivity index (χ2n) is 3.92. The van der Waals surface area contributed by atoms with E-state index in [0.29, 0.717) is 0 Å². The molecule has 0 unspecified atom stereocenters. The summed E-state index contributed by atoms with van der Waals surface area (Å²) < 4.78 is 7.54. The Balaban J connectivity index is 2.23. The molecule has 0 amide bonds. The summed E-state index contributed by atoms with van der Waals surface area (Å²) in [5.41, 5.74) is 0.844. The summed E-state index contributed by atoms with van der Waals surface area (Å²) in [6.45, 7) is 1.73. The quantitative estimate of drug-likeness (QED) is 0.817. The van der Waals surface area contributed by atoms with E-state index in [1.807, 2.05) is 42.5 Å². The molecule has 0 bridgehead atoms. The van der Waals surface area contributed by atoms with Crippen LogP contribution in [0.5, 0.6) is 11.5 Å². The van der Waals surface area contributed by atoms with Crippen molar-refractivity contribution in [3.8, 4) is 11.5 Å². The van der Waals surface area contributed by atoms with E-state index in [-0.39, 0.29) is 0 Å². The molecule has 0 heterocycles. The van der Waals surface area contributed by atoms with E-state index in [9.17, 15) is 5.11 Å². The normalized spacial score (nSPS) is 12.2. The standard InChI is InChI=1S/C14H12Br2O2/c1-9(17)13-6-5-12(8-14(13)16)18-11-4-2-3-10(15)7-11/h2-9,17H,1H3/t9-/m1/s1. The van der Waals surface area contributed by atoms with Gasteiger partial charge in [0, 0.05) is 8.95 Å². The van der Waals surface area contributed by atoms with Crippen molar-refractivity contribution in [2.45, 2.75) is 13.0 Å². The van der Waals surface area contributed by atoms with Crippen LogP contribution < -0.4 is 4.74 Å². The molecule has 1 atom stereocenters. The Labute approximate surface area is 123 Å². The van der Waals surface area contributed by atoms with Crippen molar-refractivity contribution in [2.75, 3.05) is 0 Å². The van der Waals surface area contributed by atoms with E-state index in [1.165, 1.54) is 0 Å². The Bertz CT molecular complexity index is 553. The minimum Gasteiger partial charge on any atom is -0.457 e. The summed E-state index contributed by atoms with van der Waals surface area (Å²) in [4.78, 5) is 0. The fourth-order valence-electron chi connectivity index (χ4n) is 1.58. The number of hydrogen-bond acceptors (Lipinski definition) is 2. The monoisotopic (exact) mass is 370 g/mol. The van der Waals surface area contributed by atoms with Crippen LogP contribution in [0.2, 0.25) is 0 Å². The maximum Gasteiger partial charge on any atom is 0.128 e. The van der Waals surface area contributed by atoms with E-state index in [2.05, 4.69) is 31.9 Å². The fourth-order valence-corrected chi connectivity index (χ4v) is 2.64. The maximum absolute atomic E-state index is 9.54. The number of aliphatic hydroxyl groups excluding tert-OH is 1. The molecule has 0 spiro atoms. The molecule has 4 heteroatoms. The van der Waals surface area contributed by atoms with Crippen LogP contribution in [-0.4, -0.2) is 5.11 Å². The second-order valence-corrected chi connectivity index (χ2v) is 5.69. The van der Waals surface area contributed by atoms with Crippen LogP contribution in [0.25, 0.3) is 0 Å². The van der Waals surface area contributed by atoms with Gasteiger partial charge in [-0.3, -0.25) is 0 Å². The van der Waals surface area contributed by atoms with Crippen molar-refractivity contribution in [3.05, 3.63) is 57.0 Å². The van der Waals surface area contributed by atoms with Gasteiger partial charge in [0.15, 0.2) is 0 Å². The third-order valence-corrected chi connectivity index (χ3v) is 3.63. The molecule has 0 fully saturated rings. The first-order chi connectivity index (χ1) is 8.56. The summed E-state index contributed by atoms with van der Waals surface area (Å²) in [7, 11) is 0. The summed E-state index contributed by atoms with van der Waals surface area (Å²) in [5, 5.41) is 9.54. The Morgan fingerprint density at radius 3 is 2.39 bits per heavy atom. The number of halogens is 2. The van der Waals surface area contributed by atoms with Gasteiger partial charge in [-0.15, -0.1) is 0 Å². The van der Waals surface area contributed by atoms with Gasteiger partial charge in [0.25, 0.3) is 0 Å². The van der Waals surface area contributed by atoms with Crippen molar-refractivity contribution in [2.24, 2.45) is 0 Å². The number of ether oxygens (including phenoxy) is 1. The molecule has 0 aliphatic heterocycles. The van der Waals surface area contributed by atoms with Gasteiger partial charge in [0.2, 0.25) is 0 Å². The lowest BCUT2D eigenvalue weighted by Gasteiger charge is -2.10. The van der Waals surface area contributed by atoms with Gasteiger partial charge >= 0.3 is 0 Å². The van der Waals surface area contributed by atoms with Crippen LogP contribution in [0, 0.1) is 0 Å². The molecule has 94 valence electrons. The molecule has 0 aliphatic rings. The average molecular weight is 372 g/mol. The minimum absolute atomic E-state index is 0.501. The smallest absolute Gasteiger partial charge is 0.128 e. The van der Waals surface area contributed by atoms with E-state index in [4.69, 9.17) is 4.74 Å². The summed E-state index contributed by atoms with van der Waals surface area (Å²) in [6, 6.07) is 13.2. The zero-order valence-electron chi connectivity index (χ0n) is 9.73. The molecular formula is C14H12Br2O2. The zero-order valence-corrected chi connectivity index (χ0v) is 12.9. The van der Waals surface area contributed by atoms with Crippen molar-refractivity contribution in [1.82, 2.24) is 0 Å². The largest absolute Gasteiger partial charge is 0.457 e. The summed E-state index contributed by atoms with van der Waals surface area (Å²) in [6.07, 6.45) is -0.501. The van der Waals surface area contributed by atoms with Crippen LogP contribution in [0.3, 0.4) is 0 Å². The van der Waals surface area contributed by atoms with Crippen molar-refractivity contribution in [3.63, 3.8) is 0 Å². The van der Waals surface area contributed by atoms with Gasteiger partial charge in [-0.05, 0) is 42.8 Å². The molecule has 0 saturated carbocycles. The van der Waals surface area contributed by atoms with Gasteiger partial charge in [-0.2, -0.15) is 0 Å². The number of rotatable bonds is 3. The van der Waals surface area contributed by atoms with Crippen LogP contribution in [0.15, 0.2) is 51.4 Å². The molecule has 2 aromatic rings. The Morgan fingerprint density at radius 1 is 1.06 bits per heavy atom. The lowest BCUT2D eigenvalue weighted by Crippen LogP contribution is -1.93. The Morgan fingerprint density at radius 2 is 1.78 bits per heavy atom. The topological polar surface area (TPSA) is 29.5 Å². The van der Waals surface area contributed by atoms with Gasteiger partial charge in [-0.25, -0.2) is 0 Å². The van der Waals surface area contributed by atoms with Gasteiger partial charge in [-0.1, -0.05) is 44.0 Å². The molecule has 1 N–H and O–H groups in total. The third-order valence-electron chi connectivity index (χ3n) is 2.45. The first-order valence-electron chi connectivity index (χ1n) is 5.47. The molecule has 2 aromatic carbocycles. The van der Waals surface area contributed by atoms with Gasteiger partial charge in [0.05, 0.1) is 6.10 Å². The van der Waals surface area contributed by atoms with E-state index in [1.54, 1.807) is 6.92 Å². The molecule has 0 aliphatic carbocycles. The molecule has 0 aromatic heterocycles. The molecule has 2 nitrogen and oxygen atoms in total. The van der Waals surface area contributed by atoms with Crippen LogP contribution in [0.4, 0.5) is 0 Å². The van der Waals surface area contributed by atoms with E-state index < -0.39 is 6.10 Å². The van der Waals surface area contributed by atoms with Crippen molar-refractivity contribution >= 4 is 31.9 Å². The Hall–Kier alpha value is -0.840. The zero-order chi connectivity index (χ0) is 13.1. The highest BCUT2D eigenvalue weighted by Gasteiger charge is 2.07. The molecule has 2 rings (SSSR count). The third kappa shape index (κ3) is 3.34. The first-order valence-corrected chi connectivity index (χ1v) is 7.06. The first kappa shape index (κ1) is 13.6. The molecular weight excluding hydrogens is 360 g/mol. The SMILES string of the molecule is C[C@@H](O)c1ccc(Oc2cccc(Br)c2)cc1Br. The highest BCUT2D eigenvalue weighted by atomic mass is 79.9.